The van der Waals surface area contributed by atoms with Crippen molar-refractivity contribution in [3.8, 4) is 0 Å². The van der Waals surface area contributed by atoms with E-state index < -0.39 is 0 Å². The molecular formula is C18H21N5O. The maximum absolute atomic E-state index is 12.1. The van der Waals surface area contributed by atoms with Gasteiger partial charge in [-0.2, -0.15) is 5.10 Å². The van der Waals surface area contributed by atoms with Crippen LogP contribution in [-0.4, -0.2) is 39.7 Å². The van der Waals surface area contributed by atoms with Gasteiger partial charge in [0.2, 0.25) is 5.91 Å². The van der Waals surface area contributed by atoms with Gasteiger partial charge in [0.05, 0.1) is 11.2 Å². The predicted octanol–water partition coefficient (Wildman–Crippen LogP) is 1.82. The van der Waals surface area contributed by atoms with Crippen LogP contribution in [0.3, 0.4) is 0 Å². The Morgan fingerprint density at radius 1 is 1.12 bits per heavy atom. The quantitative estimate of drug-likeness (QED) is 0.913. The molecule has 4 rings (SSSR count). The molecule has 1 amide bonds. The lowest BCUT2D eigenvalue weighted by molar-refractivity contribution is -0.119. The highest BCUT2D eigenvalue weighted by Gasteiger charge is 2.48. The van der Waals surface area contributed by atoms with Gasteiger partial charge in [0.1, 0.15) is 0 Å². The Balaban J connectivity index is 1.54. The van der Waals surface area contributed by atoms with Gasteiger partial charge in [0, 0.05) is 37.8 Å². The number of hydrogen-bond donors (Lipinski definition) is 1. The minimum absolute atomic E-state index is 0.146. The molecule has 1 spiro atoms. The SMILES string of the molecule is Cc1ccc(N2CCC3(CC2)NC(=O)CC3c2ccncc2)nn1. The van der Waals surface area contributed by atoms with E-state index in [0.717, 1.165) is 37.4 Å². The van der Waals surface area contributed by atoms with Crippen LogP contribution in [0.2, 0.25) is 0 Å². The number of piperidine rings is 1. The molecule has 0 saturated carbocycles. The second-order valence-corrected chi connectivity index (χ2v) is 6.76. The minimum Gasteiger partial charge on any atom is -0.355 e. The summed E-state index contributed by atoms with van der Waals surface area (Å²) in [5.74, 6) is 1.29. The first-order valence-corrected chi connectivity index (χ1v) is 8.42. The molecule has 2 aromatic heterocycles. The Labute approximate surface area is 141 Å². The van der Waals surface area contributed by atoms with E-state index in [1.807, 2.05) is 43.6 Å². The molecule has 0 aromatic carbocycles. The van der Waals surface area contributed by atoms with Crippen molar-refractivity contribution in [2.24, 2.45) is 0 Å². The van der Waals surface area contributed by atoms with Crippen molar-refractivity contribution < 1.29 is 4.79 Å². The maximum atomic E-state index is 12.1. The molecule has 4 heterocycles. The van der Waals surface area contributed by atoms with Gasteiger partial charge in [0.15, 0.2) is 5.82 Å². The van der Waals surface area contributed by atoms with Crippen LogP contribution in [-0.2, 0) is 4.79 Å². The Hall–Kier alpha value is -2.50. The highest BCUT2D eigenvalue weighted by molar-refractivity contribution is 5.81. The molecule has 2 aliphatic heterocycles. The number of amides is 1. The van der Waals surface area contributed by atoms with Crippen LogP contribution in [0, 0.1) is 6.92 Å². The molecule has 2 aromatic rings. The standard InChI is InChI=1S/C18H21N5O/c1-13-2-3-16(22-21-13)23-10-6-18(7-11-23)15(12-17(24)20-18)14-4-8-19-9-5-14/h2-5,8-9,15H,6-7,10-12H2,1H3,(H,20,24). The van der Waals surface area contributed by atoms with Crippen LogP contribution in [0.15, 0.2) is 36.7 Å². The second-order valence-electron chi connectivity index (χ2n) is 6.76. The van der Waals surface area contributed by atoms with Gasteiger partial charge < -0.3 is 10.2 Å². The Morgan fingerprint density at radius 3 is 2.54 bits per heavy atom. The summed E-state index contributed by atoms with van der Waals surface area (Å²) in [5, 5.41) is 11.7. The number of carbonyl (C=O) groups excluding carboxylic acids is 1. The predicted molar refractivity (Wildman–Crippen MR) is 90.7 cm³/mol. The van der Waals surface area contributed by atoms with Crippen molar-refractivity contribution in [3.63, 3.8) is 0 Å². The van der Waals surface area contributed by atoms with Crippen molar-refractivity contribution in [2.45, 2.75) is 37.6 Å². The van der Waals surface area contributed by atoms with Gasteiger partial charge in [-0.05, 0) is 49.6 Å². The molecule has 6 heteroatoms. The molecule has 2 saturated heterocycles. The molecule has 1 atom stereocenters. The van der Waals surface area contributed by atoms with E-state index in [-0.39, 0.29) is 17.4 Å². The van der Waals surface area contributed by atoms with Crippen LogP contribution >= 0.6 is 0 Å². The first-order valence-electron chi connectivity index (χ1n) is 8.42. The summed E-state index contributed by atoms with van der Waals surface area (Å²) in [4.78, 5) is 18.5. The largest absolute Gasteiger partial charge is 0.355 e. The number of hydrogen-bond acceptors (Lipinski definition) is 5. The summed E-state index contributed by atoms with van der Waals surface area (Å²) in [6.07, 6.45) is 6.02. The van der Waals surface area contributed by atoms with Crippen LogP contribution in [0.1, 0.15) is 36.4 Å². The fourth-order valence-electron chi connectivity index (χ4n) is 4.00. The van der Waals surface area contributed by atoms with E-state index in [0.29, 0.717) is 6.42 Å². The summed E-state index contributed by atoms with van der Waals surface area (Å²) in [6.45, 7) is 3.69. The zero-order chi connectivity index (χ0) is 16.6. The van der Waals surface area contributed by atoms with E-state index in [2.05, 4.69) is 25.4 Å². The lowest BCUT2D eigenvalue weighted by Crippen LogP contribution is -2.53. The summed E-state index contributed by atoms with van der Waals surface area (Å²) in [7, 11) is 0. The lowest BCUT2D eigenvalue weighted by atomic mass is 9.74. The molecule has 124 valence electrons. The third kappa shape index (κ3) is 2.62. The van der Waals surface area contributed by atoms with Crippen molar-refractivity contribution in [1.29, 1.82) is 0 Å². The van der Waals surface area contributed by atoms with Crippen molar-refractivity contribution >= 4 is 11.7 Å². The van der Waals surface area contributed by atoms with E-state index in [9.17, 15) is 4.79 Å². The summed E-state index contributed by atoms with van der Waals surface area (Å²) in [6, 6.07) is 8.08. The summed E-state index contributed by atoms with van der Waals surface area (Å²) >= 11 is 0. The summed E-state index contributed by atoms with van der Waals surface area (Å²) < 4.78 is 0. The molecule has 2 aliphatic rings. The van der Waals surface area contributed by atoms with E-state index in [1.165, 1.54) is 5.56 Å². The number of pyridine rings is 1. The number of nitrogens with one attached hydrogen (secondary N) is 1. The van der Waals surface area contributed by atoms with Gasteiger partial charge >= 0.3 is 0 Å². The van der Waals surface area contributed by atoms with Gasteiger partial charge in [0.25, 0.3) is 0 Å². The fourth-order valence-corrected chi connectivity index (χ4v) is 4.00. The van der Waals surface area contributed by atoms with Crippen molar-refractivity contribution in [1.82, 2.24) is 20.5 Å². The van der Waals surface area contributed by atoms with Crippen LogP contribution in [0.25, 0.3) is 0 Å². The van der Waals surface area contributed by atoms with Crippen molar-refractivity contribution in [3.05, 3.63) is 47.9 Å². The third-order valence-electron chi connectivity index (χ3n) is 5.32. The number of rotatable bonds is 2. The maximum Gasteiger partial charge on any atom is 0.221 e. The number of carbonyl (C=O) groups is 1. The minimum atomic E-state index is -0.146. The van der Waals surface area contributed by atoms with E-state index >= 15 is 0 Å². The fraction of sp³-hybridized carbons (Fsp3) is 0.444. The number of aryl methyl sites for hydroxylation is 1. The summed E-state index contributed by atoms with van der Waals surface area (Å²) in [5.41, 5.74) is 1.98. The number of aromatic nitrogens is 3. The van der Waals surface area contributed by atoms with Gasteiger partial charge in [-0.25, -0.2) is 0 Å². The third-order valence-corrected chi connectivity index (χ3v) is 5.32. The highest BCUT2D eigenvalue weighted by atomic mass is 16.2. The lowest BCUT2D eigenvalue weighted by Gasteiger charge is -2.43. The van der Waals surface area contributed by atoms with Gasteiger partial charge in [-0.1, -0.05) is 0 Å². The molecule has 1 N–H and O–H groups in total. The Morgan fingerprint density at radius 2 is 1.88 bits per heavy atom. The zero-order valence-electron chi connectivity index (χ0n) is 13.8. The average molecular weight is 323 g/mol. The van der Waals surface area contributed by atoms with Gasteiger partial charge in [-0.15, -0.1) is 5.10 Å². The van der Waals surface area contributed by atoms with E-state index in [1.54, 1.807) is 0 Å². The molecule has 0 bridgehead atoms. The Kier molecular flexibility index (Phi) is 3.67. The molecular weight excluding hydrogens is 302 g/mol. The van der Waals surface area contributed by atoms with Gasteiger partial charge in [-0.3, -0.25) is 9.78 Å². The van der Waals surface area contributed by atoms with Crippen molar-refractivity contribution in [2.75, 3.05) is 18.0 Å². The number of nitrogens with zero attached hydrogens (tertiary/aromatic N) is 4. The van der Waals surface area contributed by atoms with Crippen LogP contribution < -0.4 is 10.2 Å². The first-order chi connectivity index (χ1) is 11.7. The second kappa shape index (κ2) is 5.85. The average Bonchev–Trinajstić information content (AvgIpc) is 2.93. The Bertz CT molecular complexity index is 723. The van der Waals surface area contributed by atoms with E-state index in [4.69, 9.17) is 0 Å². The first kappa shape index (κ1) is 15.1. The molecule has 2 fully saturated rings. The topological polar surface area (TPSA) is 71.0 Å². The van der Waals surface area contributed by atoms with Crippen LogP contribution in [0.4, 0.5) is 5.82 Å². The molecule has 24 heavy (non-hydrogen) atoms. The highest BCUT2D eigenvalue weighted by Crippen LogP contribution is 2.43. The monoisotopic (exact) mass is 323 g/mol. The smallest absolute Gasteiger partial charge is 0.221 e. The normalized spacial score (nSPS) is 22.6. The van der Waals surface area contributed by atoms with Crippen LogP contribution in [0.5, 0.6) is 0 Å². The molecule has 1 unspecified atom stereocenters. The number of anilines is 1. The molecule has 0 aliphatic carbocycles. The molecule has 6 nitrogen and oxygen atoms in total. The molecule has 0 radical (unpaired) electrons. The zero-order valence-corrected chi connectivity index (χ0v) is 13.8.